The summed E-state index contributed by atoms with van der Waals surface area (Å²) in [6.07, 6.45) is 70.5. The molecule has 17 nitrogen and oxygen atoms in total. The molecule has 0 bridgehead atoms. The first-order valence-electron chi connectivity index (χ1n) is 39.5. The van der Waals surface area contributed by atoms with E-state index in [1.54, 1.807) is 0 Å². The molecule has 572 valence electrons. The summed E-state index contributed by atoms with van der Waals surface area (Å²) in [7, 11) is -9.95. The van der Waals surface area contributed by atoms with Gasteiger partial charge in [0.2, 0.25) is 0 Å². The molecule has 98 heavy (non-hydrogen) atoms. The highest BCUT2D eigenvalue weighted by Crippen LogP contribution is 2.45. The average molecular weight is 1430 g/mol. The van der Waals surface area contributed by atoms with Crippen LogP contribution in [-0.4, -0.2) is 96.7 Å². The number of phosphoric acid groups is 2. The monoisotopic (exact) mass is 1430 g/mol. The maximum absolute atomic E-state index is 13.1. The van der Waals surface area contributed by atoms with Crippen LogP contribution < -0.4 is 0 Å². The Bertz CT molecular complexity index is 2100. The lowest BCUT2D eigenvalue weighted by Crippen LogP contribution is -2.30. The van der Waals surface area contributed by atoms with Crippen molar-refractivity contribution in [1.29, 1.82) is 0 Å². The zero-order chi connectivity index (χ0) is 71.8. The number of esters is 4. The largest absolute Gasteiger partial charge is 0.472 e. The summed E-state index contributed by atoms with van der Waals surface area (Å²) < 4.78 is 68.5. The molecule has 0 aliphatic rings. The Hall–Kier alpha value is -3.24. The molecule has 0 spiro atoms. The molecule has 0 amide bonds. The van der Waals surface area contributed by atoms with E-state index < -0.39 is 97.5 Å². The van der Waals surface area contributed by atoms with E-state index in [9.17, 15) is 43.2 Å². The Balaban J connectivity index is 5.35. The lowest BCUT2D eigenvalue weighted by molar-refractivity contribution is -0.161. The van der Waals surface area contributed by atoms with Crippen molar-refractivity contribution in [2.75, 3.05) is 39.6 Å². The summed E-state index contributed by atoms with van der Waals surface area (Å²) >= 11 is 0. The molecular formula is C79H144O17P2. The minimum Gasteiger partial charge on any atom is -0.462 e. The molecule has 19 heteroatoms. The zero-order valence-electron chi connectivity index (χ0n) is 62.5. The third-order valence-electron chi connectivity index (χ3n) is 17.0. The minimum atomic E-state index is -4.97. The van der Waals surface area contributed by atoms with Crippen LogP contribution in [0.2, 0.25) is 0 Å². The number of hydrogen-bond acceptors (Lipinski definition) is 15. The minimum absolute atomic E-state index is 0.0809. The fraction of sp³-hybridized carbons (Fsp3) is 0.823. The van der Waals surface area contributed by atoms with E-state index in [2.05, 4.69) is 88.5 Å². The highest BCUT2D eigenvalue weighted by atomic mass is 31.2. The van der Waals surface area contributed by atoms with Crippen LogP contribution in [0.15, 0.2) is 60.8 Å². The molecule has 5 atom stereocenters. The predicted octanol–water partition coefficient (Wildman–Crippen LogP) is 22.7. The first-order chi connectivity index (χ1) is 47.7. The number of carbonyl (C=O) groups is 4. The van der Waals surface area contributed by atoms with Crippen LogP contribution in [0.25, 0.3) is 0 Å². The Kier molecular flexibility index (Phi) is 69.7. The second kappa shape index (κ2) is 72.1. The Morgan fingerprint density at radius 3 is 0.786 bits per heavy atom. The van der Waals surface area contributed by atoms with E-state index in [4.69, 9.17) is 37.0 Å². The van der Waals surface area contributed by atoms with E-state index >= 15 is 0 Å². The quantitative estimate of drug-likeness (QED) is 0.0169. The van der Waals surface area contributed by atoms with Crippen LogP contribution in [-0.2, 0) is 65.4 Å². The normalized spacial score (nSPS) is 14.2. The third-order valence-corrected chi connectivity index (χ3v) is 18.9. The molecule has 0 radical (unpaired) electrons. The van der Waals surface area contributed by atoms with Crippen molar-refractivity contribution in [2.45, 2.75) is 380 Å². The van der Waals surface area contributed by atoms with Gasteiger partial charge in [0.15, 0.2) is 12.2 Å². The molecule has 0 aliphatic heterocycles. The molecule has 0 heterocycles. The predicted molar refractivity (Wildman–Crippen MR) is 400 cm³/mol. The maximum Gasteiger partial charge on any atom is 0.472 e. The summed E-state index contributed by atoms with van der Waals surface area (Å²) in [5.74, 6) is -2.18. The number of hydrogen-bond donors (Lipinski definition) is 3. The Morgan fingerprint density at radius 1 is 0.286 bits per heavy atom. The summed E-state index contributed by atoms with van der Waals surface area (Å²) in [4.78, 5) is 72.9. The van der Waals surface area contributed by atoms with Gasteiger partial charge in [-0.05, 0) is 116 Å². The van der Waals surface area contributed by atoms with Crippen molar-refractivity contribution in [3.63, 3.8) is 0 Å². The number of allylic oxidation sites excluding steroid dienone is 10. The van der Waals surface area contributed by atoms with E-state index in [1.807, 2.05) is 0 Å². The van der Waals surface area contributed by atoms with E-state index in [0.717, 1.165) is 148 Å². The van der Waals surface area contributed by atoms with Crippen molar-refractivity contribution in [2.24, 2.45) is 0 Å². The van der Waals surface area contributed by atoms with E-state index in [0.29, 0.717) is 25.7 Å². The van der Waals surface area contributed by atoms with Gasteiger partial charge in [0, 0.05) is 25.7 Å². The van der Waals surface area contributed by atoms with Gasteiger partial charge in [-0.15, -0.1) is 0 Å². The second-order valence-electron chi connectivity index (χ2n) is 26.7. The lowest BCUT2D eigenvalue weighted by atomic mass is 10.0. The van der Waals surface area contributed by atoms with Crippen molar-refractivity contribution in [3.05, 3.63) is 60.8 Å². The first-order valence-corrected chi connectivity index (χ1v) is 42.5. The topological polar surface area (TPSA) is 237 Å². The standard InChI is InChI=1S/C79H144O17P2/c1-5-9-13-17-21-25-29-33-36-40-44-48-52-56-60-64-77(82)90-70-75(96-79(84)66-62-58-54-50-46-42-38-35-31-27-23-19-15-11-7-3)72-94-98(87,88)92-68-73(80)67-91-97(85,86)93-71-74(69-89-76(81)63-59-55-51-47-43-39-32-28-24-20-16-12-8-4)95-78(83)65-61-57-53-49-45-41-37-34-30-26-22-18-14-10-6-2/h22-23,26-27,33-38,73-75,80H,5-21,24-25,28-32,39-72H2,1-4H3,(H,85,86)(H,87,88)/b26-22-,27-23-,36-33-,37-34-,38-35-/t73-,74-,75-/m1/s1. The number of unbranched alkanes of at least 4 members (excludes halogenated alkanes) is 39. The van der Waals surface area contributed by atoms with Crippen LogP contribution in [0.1, 0.15) is 362 Å². The van der Waals surface area contributed by atoms with Gasteiger partial charge in [0.05, 0.1) is 26.4 Å². The van der Waals surface area contributed by atoms with Gasteiger partial charge < -0.3 is 33.8 Å². The van der Waals surface area contributed by atoms with Gasteiger partial charge in [-0.1, -0.05) is 281 Å². The number of aliphatic hydroxyl groups excluding tert-OH is 1. The van der Waals surface area contributed by atoms with Crippen LogP contribution >= 0.6 is 15.6 Å². The molecule has 0 rings (SSSR count). The van der Waals surface area contributed by atoms with Gasteiger partial charge in [-0.25, -0.2) is 9.13 Å². The Morgan fingerprint density at radius 2 is 0.500 bits per heavy atom. The van der Waals surface area contributed by atoms with Gasteiger partial charge in [-0.2, -0.15) is 0 Å². The molecule has 3 N–H and O–H groups in total. The smallest absolute Gasteiger partial charge is 0.462 e. The number of phosphoric ester groups is 2. The van der Waals surface area contributed by atoms with Crippen molar-refractivity contribution >= 4 is 39.5 Å². The van der Waals surface area contributed by atoms with Gasteiger partial charge in [-0.3, -0.25) is 37.3 Å². The molecule has 2 unspecified atom stereocenters. The summed E-state index contributed by atoms with van der Waals surface area (Å²) in [6, 6.07) is 0. The van der Waals surface area contributed by atoms with Crippen molar-refractivity contribution in [1.82, 2.24) is 0 Å². The fourth-order valence-corrected chi connectivity index (χ4v) is 12.4. The number of ether oxygens (including phenoxy) is 4. The second-order valence-corrected chi connectivity index (χ2v) is 29.6. The maximum atomic E-state index is 13.1. The summed E-state index contributed by atoms with van der Waals surface area (Å²) in [5, 5.41) is 10.6. The highest BCUT2D eigenvalue weighted by Gasteiger charge is 2.30. The average Bonchev–Trinajstić information content (AvgIpc) is 1.04. The van der Waals surface area contributed by atoms with Crippen LogP contribution in [0.3, 0.4) is 0 Å². The van der Waals surface area contributed by atoms with Crippen LogP contribution in [0.4, 0.5) is 0 Å². The van der Waals surface area contributed by atoms with Gasteiger partial charge >= 0.3 is 39.5 Å². The molecular weight excluding hydrogens is 1280 g/mol. The lowest BCUT2D eigenvalue weighted by Gasteiger charge is -2.21. The molecule has 0 aromatic carbocycles. The number of rotatable bonds is 75. The van der Waals surface area contributed by atoms with Crippen LogP contribution in [0, 0.1) is 0 Å². The first kappa shape index (κ1) is 94.8. The number of carbonyl (C=O) groups excluding carboxylic acids is 4. The molecule has 0 aromatic rings. The third kappa shape index (κ3) is 71.2. The molecule has 0 aromatic heterocycles. The van der Waals surface area contributed by atoms with Crippen molar-refractivity contribution in [3.8, 4) is 0 Å². The Labute approximate surface area is 597 Å². The number of aliphatic hydroxyl groups is 1. The van der Waals surface area contributed by atoms with Crippen molar-refractivity contribution < 1.29 is 80.2 Å². The van der Waals surface area contributed by atoms with Gasteiger partial charge in [0.1, 0.15) is 19.3 Å². The summed E-state index contributed by atoms with van der Waals surface area (Å²) in [5.41, 5.74) is 0. The molecule has 0 saturated carbocycles. The molecule has 0 aliphatic carbocycles. The fourth-order valence-electron chi connectivity index (χ4n) is 10.9. The SMILES string of the molecule is CCCCC/C=C\C/C=C\CCCCCCCC(=O)O[C@H](COC(=O)CCCCCCC/C=C\CCCCCCCC)COP(=O)(O)OC[C@H](O)COP(=O)(O)OC[C@@H](COC(=O)CCCCCCCCCCCCCCC)OC(=O)CCCCCCC/C=C\C/C=C\CCCCC. The van der Waals surface area contributed by atoms with Crippen LogP contribution in [0.5, 0.6) is 0 Å². The van der Waals surface area contributed by atoms with E-state index in [1.165, 1.54) is 135 Å². The summed E-state index contributed by atoms with van der Waals surface area (Å²) in [6.45, 7) is 4.84. The van der Waals surface area contributed by atoms with Gasteiger partial charge in [0.25, 0.3) is 0 Å². The van der Waals surface area contributed by atoms with E-state index in [-0.39, 0.29) is 25.7 Å². The highest BCUT2D eigenvalue weighted by molar-refractivity contribution is 7.47. The molecule has 0 saturated heterocycles. The molecule has 0 fully saturated rings. The zero-order valence-corrected chi connectivity index (χ0v) is 64.3.